The number of carbonyl (C=O) groups is 2. The second kappa shape index (κ2) is 16.1. The number of nitrogens with zero attached hydrogens (tertiary/aromatic N) is 2. The largest absolute Gasteiger partial charge is 0.494 e. The zero-order valence-electron chi connectivity index (χ0n) is 26.1. The van der Waals surface area contributed by atoms with E-state index in [1.54, 1.807) is 48.5 Å². The highest BCUT2D eigenvalue weighted by atomic mass is 32.2. The highest BCUT2D eigenvalue weighted by molar-refractivity contribution is 7.98. The Labute approximate surface area is 270 Å². The van der Waals surface area contributed by atoms with Crippen molar-refractivity contribution >= 4 is 39.3 Å². The summed E-state index contributed by atoms with van der Waals surface area (Å²) in [4.78, 5) is 30.3. The van der Waals surface area contributed by atoms with Gasteiger partial charge in [-0.2, -0.15) is 0 Å². The average molecular weight is 656 g/mol. The summed E-state index contributed by atoms with van der Waals surface area (Å²) in [5, 5.41) is 3.13. The Hall–Kier alpha value is -3.57. The zero-order chi connectivity index (χ0) is 32.4. The van der Waals surface area contributed by atoms with Gasteiger partial charge in [-0.05, 0) is 98.7 Å². The molecule has 8 nitrogen and oxygen atoms in total. The third-order valence-corrected chi connectivity index (χ3v) is 10.5. The molecule has 0 aromatic heterocycles. The van der Waals surface area contributed by atoms with Crippen LogP contribution in [0.5, 0.6) is 5.75 Å². The van der Waals surface area contributed by atoms with Crippen LogP contribution in [0.1, 0.15) is 57.9 Å². The smallest absolute Gasteiger partial charge is 0.264 e. The van der Waals surface area contributed by atoms with Crippen molar-refractivity contribution in [2.45, 2.75) is 80.8 Å². The van der Waals surface area contributed by atoms with Gasteiger partial charge in [0.15, 0.2) is 0 Å². The molecule has 1 aliphatic rings. The Balaban J connectivity index is 1.70. The van der Waals surface area contributed by atoms with E-state index in [0.717, 1.165) is 41.3 Å². The summed E-state index contributed by atoms with van der Waals surface area (Å²) < 4.78 is 48.6. The van der Waals surface area contributed by atoms with Crippen molar-refractivity contribution in [2.75, 3.05) is 23.7 Å². The molecule has 0 saturated heterocycles. The Morgan fingerprint density at radius 1 is 0.956 bits per heavy atom. The van der Waals surface area contributed by atoms with E-state index in [4.69, 9.17) is 4.74 Å². The van der Waals surface area contributed by atoms with Crippen molar-refractivity contribution in [1.82, 2.24) is 10.2 Å². The van der Waals surface area contributed by atoms with E-state index in [2.05, 4.69) is 5.32 Å². The van der Waals surface area contributed by atoms with Gasteiger partial charge in [-0.1, -0.05) is 38.3 Å². The van der Waals surface area contributed by atoms with E-state index < -0.39 is 34.3 Å². The first kappa shape index (κ1) is 34.3. The Bertz CT molecular complexity index is 1510. The van der Waals surface area contributed by atoms with Crippen LogP contribution in [0.15, 0.2) is 82.6 Å². The van der Waals surface area contributed by atoms with Gasteiger partial charge in [0.25, 0.3) is 10.0 Å². The van der Waals surface area contributed by atoms with Crippen LogP contribution in [0.4, 0.5) is 10.1 Å². The van der Waals surface area contributed by atoms with Crippen LogP contribution in [-0.4, -0.2) is 56.6 Å². The fraction of sp³-hybridized carbons (Fsp3) is 0.412. The summed E-state index contributed by atoms with van der Waals surface area (Å²) in [6.45, 7) is 3.59. The molecule has 0 heterocycles. The molecular weight excluding hydrogens is 614 g/mol. The van der Waals surface area contributed by atoms with Gasteiger partial charge in [0.2, 0.25) is 11.8 Å². The lowest BCUT2D eigenvalue weighted by Gasteiger charge is -2.34. The van der Waals surface area contributed by atoms with Crippen molar-refractivity contribution in [3.63, 3.8) is 0 Å². The average Bonchev–Trinajstić information content (AvgIpc) is 3.05. The predicted octanol–water partition coefficient (Wildman–Crippen LogP) is 6.40. The Morgan fingerprint density at radius 3 is 2.18 bits per heavy atom. The van der Waals surface area contributed by atoms with E-state index in [-0.39, 0.29) is 29.1 Å². The number of hydrogen-bond acceptors (Lipinski definition) is 6. The topological polar surface area (TPSA) is 96.0 Å². The van der Waals surface area contributed by atoms with Gasteiger partial charge in [-0.25, -0.2) is 12.8 Å². The Kier molecular flexibility index (Phi) is 12.3. The predicted molar refractivity (Wildman–Crippen MR) is 176 cm³/mol. The van der Waals surface area contributed by atoms with E-state index in [0.29, 0.717) is 24.3 Å². The lowest BCUT2D eigenvalue weighted by atomic mass is 9.95. The summed E-state index contributed by atoms with van der Waals surface area (Å²) in [5.74, 6) is -0.678. The summed E-state index contributed by atoms with van der Waals surface area (Å²) >= 11 is 1.49. The molecule has 1 saturated carbocycles. The van der Waals surface area contributed by atoms with Crippen LogP contribution in [0, 0.1) is 5.82 Å². The molecule has 3 aromatic carbocycles. The maximum absolute atomic E-state index is 14.3. The molecule has 0 unspecified atom stereocenters. The molecule has 45 heavy (non-hydrogen) atoms. The van der Waals surface area contributed by atoms with Crippen molar-refractivity contribution in [3.8, 4) is 5.75 Å². The first-order valence-corrected chi connectivity index (χ1v) is 18.1. The van der Waals surface area contributed by atoms with Crippen molar-refractivity contribution in [2.24, 2.45) is 0 Å². The molecule has 0 radical (unpaired) electrons. The van der Waals surface area contributed by atoms with Crippen LogP contribution >= 0.6 is 11.8 Å². The Morgan fingerprint density at radius 2 is 1.60 bits per heavy atom. The van der Waals surface area contributed by atoms with Crippen LogP contribution in [0.25, 0.3) is 0 Å². The molecule has 3 aromatic rings. The summed E-state index contributed by atoms with van der Waals surface area (Å²) in [7, 11) is -4.20. The van der Waals surface area contributed by atoms with Crippen LogP contribution in [-0.2, 0) is 26.2 Å². The zero-order valence-corrected chi connectivity index (χ0v) is 27.7. The maximum Gasteiger partial charge on any atom is 0.264 e. The first-order valence-electron chi connectivity index (χ1n) is 15.4. The van der Waals surface area contributed by atoms with Crippen molar-refractivity contribution in [3.05, 3.63) is 84.2 Å². The molecular formula is C34H42FN3O5S2. The molecule has 2 amide bonds. The van der Waals surface area contributed by atoms with E-state index in [1.165, 1.54) is 40.9 Å². The van der Waals surface area contributed by atoms with Crippen molar-refractivity contribution in [1.29, 1.82) is 0 Å². The van der Waals surface area contributed by atoms with E-state index in [9.17, 15) is 22.4 Å². The number of carbonyl (C=O) groups excluding carboxylic acids is 2. The van der Waals surface area contributed by atoms with Gasteiger partial charge < -0.3 is 15.0 Å². The molecule has 242 valence electrons. The highest BCUT2D eigenvalue weighted by Gasteiger charge is 2.34. The third-order valence-electron chi connectivity index (χ3n) is 7.97. The number of ether oxygens (including phenoxy) is 1. The van der Waals surface area contributed by atoms with Gasteiger partial charge >= 0.3 is 0 Å². The molecule has 1 aliphatic carbocycles. The molecule has 0 aliphatic heterocycles. The number of sulfonamides is 1. The standard InChI is InChI=1S/C34H42FN3O5S2/c1-4-32(34(40)36-27-9-7-6-8-10-27)37(23-25-11-13-26(35)14-12-25)33(39)24-38(28-15-17-29(18-16-28)43-5-2)45(41,42)31-21-19-30(44-3)20-22-31/h11-22,27,32H,4-10,23-24H2,1-3H3,(H,36,40)/t32-/m0/s1. The molecule has 4 rings (SSSR count). The van der Waals surface area contributed by atoms with Gasteiger partial charge in [0.1, 0.15) is 24.2 Å². The second-order valence-corrected chi connectivity index (χ2v) is 13.8. The number of amides is 2. The molecule has 1 atom stereocenters. The van der Waals surface area contributed by atoms with Crippen LogP contribution in [0.2, 0.25) is 0 Å². The fourth-order valence-corrected chi connectivity index (χ4v) is 7.35. The summed E-state index contributed by atoms with van der Waals surface area (Å²) in [6.07, 6.45) is 7.19. The molecule has 1 N–H and O–H groups in total. The van der Waals surface area contributed by atoms with Gasteiger partial charge in [0, 0.05) is 17.5 Å². The first-order chi connectivity index (χ1) is 21.7. The summed E-state index contributed by atoms with van der Waals surface area (Å²) in [6, 6.07) is 17.9. The lowest BCUT2D eigenvalue weighted by Crippen LogP contribution is -2.54. The van der Waals surface area contributed by atoms with Gasteiger partial charge in [-0.15, -0.1) is 11.8 Å². The minimum absolute atomic E-state index is 0.00922. The maximum atomic E-state index is 14.3. The van der Waals surface area contributed by atoms with Gasteiger partial charge in [-0.3, -0.25) is 13.9 Å². The quantitative estimate of drug-likeness (QED) is 0.202. The molecule has 11 heteroatoms. The van der Waals surface area contributed by atoms with E-state index >= 15 is 0 Å². The molecule has 1 fully saturated rings. The lowest BCUT2D eigenvalue weighted by molar-refractivity contribution is -0.140. The number of hydrogen-bond donors (Lipinski definition) is 1. The number of benzene rings is 3. The number of halogens is 1. The number of nitrogens with one attached hydrogen (secondary N) is 1. The number of anilines is 1. The minimum atomic E-state index is -4.20. The van der Waals surface area contributed by atoms with Crippen LogP contribution in [0.3, 0.4) is 0 Å². The monoisotopic (exact) mass is 655 g/mol. The minimum Gasteiger partial charge on any atom is -0.494 e. The van der Waals surface area contributed by atoms with Crippen LogP contribution < -0.4 is 14.4 Å². The highest BCUT2D eigenvalue weighted by Crippen LogP contribution is 2.28. The molecule has 0 bridgehead atoms. The normalized spacial score (nSPS) is 14.4. The second-order valence-electron chi connectivity index (χ2n) is 11.0. The van der Waals surface area contributed by atoms with E-state index in [1.807, 2.05) is 20.1 Å². The SMILES string of the molecule is CCOc1ccc(N(CC(=O)N(Cc2ccc(F)cc2)[C@@H](CC)C(=O)NC2CCCCC2)S(=O)(=O)c2ccc(SC)cc2)cc1. The fourth-order valence-electron chi connectivity index (χ4n) is 5.53. The number of rotatable bonds is 14. The molecule has 0 spiro atoms. The van der Waals surface area contributed by atoms with Crippen molar-refractivity contribution < 1.29 is 27.1 Å². The van der Waals surface area contributed by atoms with Gasteiger partial charge in [0.05, 0.1) is 17.2 Å². The third kappa shape index (κ3) is 9.00. The number of thioether (sulfide) groups is 1. The summed E-state index contributed by atoms with van der Waals surface area (Å²) in [5.41, 5.74) is 0.902.